The maximum Gasteiger partial charge on any atom is 0.354 e. The smallest absolute Gasteiger partial charge is 0.354 e. The number of aromatic nitrogens is 1. The molecule has 13 heavy (non-hydrogen) atoms. The van der Waals surface area contributed by atoms with Crippen molar-refractivity contribution in [3.8, 4) is 0 Å². The SMILES string of the molecule is CC(C)c1cc(C(=O)O)ncc1Cl. The van der Waals surface area contributed by atoms with Gasteiger partial charge in [0.25, 0.3) is 0 Å². The third kappa shape index (κ3) is 2.18. The third-order valence-corrected chi connectivity index (χ3v) is 2.04. The number of carbonyl (C=O) groups is 1. The number of pyridine rings is 1. The highest BCUT2D eigenvalue weighted by molar-refractivity contribution is 6.31. The molecule has 0 amide bonds. The molecule has 0 unspecified atom stereocenters. The van der Waals surface area contributed by atoms with Gasteiger partial charge in [-0.2, -0.15) is 0 Å². The lowest BCUT2D eigenvalue weighted by atomic mass is 10.0. The van der Waals surface area contributed by atoms with Crippen LogP contribution in [0.25, 0.3) is 0 Å². The van der Waals surface area contributed by atoms with Crippen LogP contribution in [-0.4, -0.2) is 16.1 Å². The highest BCUT2D eigenvalue weighted by Crippen LogP contribution is 2.23. The maximum atomic E-state index is 10.6. The number of hydrogen-bond acceptors (Lipinski definition) is 2. The number of nitrogens with zero attached hydrogens (tertiary/aromatic N) is 1. The second-order valence-electron chi connectivity index (χ2n) is 3.05. The predicted molar refractivity (Wildman–Crippen MR) is 50.3 cm³/mol. The van der Waals surface area contributed by atoms with Crippen LogP contribution in [0, 0.1) is 0 Å². The number of hydrogen-bond donors (Lipinski definition) is 1. The van der Waals surface area contributed by atoms with Gasteiger partial charge in [-0.05, 0) is 17.5 Å². The van der Waals surface area contributed by atoms with E-state index in [0.29, 0.717) is 5.02 Å². The molecule has 3 nitrogen and oxygen atoms in total. The van der Waals surface area contributed by atoms with Gasteiger partial charge in [-0.25, -0.2) is 9.78 Å². The molecule has 0 fully saturated rings. The van der Waals surface area contributed by atoms with Gasteiger partial charge in [-0.15, -0.1) is 0 Å². The summed E-state index contributed by atoms with van der Waals surface area (Å²) in [5, 5.41) is 9.19. The number of carboxylic acid groups (broad SMARTS) is 1. The molecule has 0 spiro atoms. The van der Waals surface area contributed by atoms with Crippen molar-refractivity contribution in [2.75, 3.05) is 0 Å². The van der Waals surface area contributed by atoms with Gasteiger partial charge in [0.1, 0.15) is 5.69 Å². The van der Waals surface area contributed by atoms with Crippen LogP contribution < -0.4 is 0 Å². The number of aromatic carboxylic acids is 1. The van der Waals surface area contributed by atoms with Crippen LogP contribution in [0.15, 0.2) is 12.3 Å². The lowest BCUT2D eigenvalue weighted by Crippen LogP contribution is -2.02. The molecule has 0 bridgehead atoms. The van der Waals surface area contributed by atoms with Crippen LogP contribution in [0.1, 0.15) is 35.8 Å². The first-order chi connectivity index (χ1) is 6.02. The average Bonchev–Trinajstić information content (AvgIpc) is 2.04. The van der Waals surface area contributed by atoms with E-state index in [4.69, 9.17) is 16.7 Å². The fourth-order valence-electron chi connectivity index (χ4n) is 1.01. The molecule has 1 aromatic heterocycles. The molecule has 0 saturated heterocycles. The Labute approximate surface area is 81.4 Å². The van der Waals surface area contributed by atoms with Crippen molar-refractivity contribution in [1.82, 2.24) is 4.98 Å². The fourth-order valence-corrected chi connectivity index (χ4v) is 1.34. The van der Waals surface area contributed by atoms with E-state index in [1.54, 1.807) is 0 Å². The molecule has 0 atom stereocenters. The first kappa shape index (κ1) is 9.99. The lowest BCUT2D eigenvalue weighted by molar-refractivity contribution is 0.0690. The Kier molecular flexibility index (Phi) is 2.88. The standard InChI is InChI=1S/C9H10ClNO2/c1-5(2)6-3-8(9(12)13)11-4-7(6)10/h3-5H,1-2H3,(H,12,13). The molecular weight excluding hydrogens is 190 g/mol. The molecule has 70 valence electrons. The van der Waals surface area contributed by atoms with E-state index in [0.717, 1.165) is 5.56 Å². The minimum absolute atomic E-state index is 0.0353. The Morgan fingerprint density at radius 1 is 1.62 bits per heavy atom. The Morgan fingerprint density at radius 2 is 2.23 bits per heavy atom. The van der Waals surface area contributed by atoms with Crippen LogP contribution in [0.2, 0.25) is 5.02 Å². The summed E-state index contributed by atoms with van der Waals surface area (Å²) >= 11 is 5.84. The van der Waals surface area contributed by atoms with Crippen molar-refractivity contribution >= 4 is 17.6 Å². The summed E-state index contributed by atoms with van der Waals surface area (Å²) in [5.74, 6) is -0.827. The monoisotopic (exact) mass is 199 g/mol. The van der Waals surface area contributed by atoms with Crippen molar-refractivity contribution in [3.05, 3.63) is 28.5 Å². The van der Waals surface area contributed by atoms with Gasteiger partial charge in [-0.1, -0.05) is 25.4 Å². The van der Waals surface area contributed by atoms with Crippen molar-refractivity contribution in [3.63, 3.8) is 0 Å². The number of halogens is 1. The van der Waals surface area contributed by atoms with Gasteiger partial charge in [0.2, 0.25) is 0 Å². The molecule has 0 aliphatic carbocycles. The van der Waals surface area contributed by atoms with Gasteiger partial charge >= 0.3 is 5.97 Å². The Balaban J connectivity index is 3.19. The van der Waals surface area contributed by atoms with Gasteiger partial charge in [0, 0.05) is 6.20 Å². The van der Waals surface area contributed by atoms with Gasteiger partial charge in [0.05, 0.1) is 5.02 Å². The molecule has 4 heteroatoms. The van der Waals surface area contributed by atoms with E-state index >= 15 is 0 Å². The van der Waals surface area contributed by atoms with E-state index in [1.165, 1.54) is 12.3 Å². The zero-order valence-electron chi connectivity index (χ0n) is 7.41. The Hall–Kier alpha value is -1.09. The summed E-state index contributed by atoms with van der Waals surface area (Å²) < 4.78 is 0. The van der Waals surface area contributed by atoms with E-state index in [9.17, 15) is 4.79 Å². The minimum atomic E-state index is -1.03. The molecule has 1 heterocycles. The minimum Gasteiger partial charge on any atom is -0.477 e. The largest absolute Gasteiger partial charge is 0.477 e. The summed E-state index contributed by atoms with van der Waals surface area (Å²) in [6.45, 7) is 3.90. The van der Waals surface area contributed by atoms with E-state index in [2.05, 4.69) is 4.98 Å². The zero-order chi connectivity index (χ0) is 10.0. The molecule has 1 N–H and O–H groups in total. The Bertz CT molecular complexity index is 336. The van der Waals surface area contributed by atoms with Crippen LogP contribution in [0.5, 0.6) is 0 Å². The average molecular weight is 200 g/mol. The second-order valence-corrected chi connectivity index (χ2v) is 3.46. The van der Waals surface area contributed by atoms with Crippen LogP contribution in [0.3, 0.4) is 0 Å². The maximum absolute atomic E-state index is 10.6. The van der Waals surface area contributed by atoms with Gasteiger partial charge in [-0.3, -0.25) is 0 Å². The quantitative estimate of drug-likeness (QED) is 0.797. The first-order valence-corrected chi connectivity index (χ1v) is 4.29. The summed E-state index contributed by atoms with van der Waals surface area (Å²) in [7, 11) is 0. The summed E-state index contributed by atoms with van der Waals surface area (Å²) in [5.41, 5.74) is 0.849. The Morgan fingerprint density at radius 3 is 2.69 bits per heavy atom. The fraction of sp³-hybridized carbons (Fsp3) is 0.333. The van der Waals surface area contributed by atoms with Crippen molar-refractivity contribution in [1.29, 1.82) is 0 Å². The van der Waals surface area contributed by atoms with Crippen molar-refractivity contribution < 1.29 is 9.90 Å². The second kappa shape index (κ2) is 3.75. The van der Waals surface area contributed by atoms with Crippen molar-refractivity contribution in [2.45, 2.75) is 19.8 Å². The van der Waals surface area contributed by atoms with Crippen LogP contribution >= 0.6 is 11.6 Å². The van der Waals surface area contributed by atoms with Gasteiger partial charge < -0.3 is 5.11 Å². The van der Waals surface area contributed by atoms with E-state index < -0.39 is 5.97 Å². The molecule has 1 aromatic rings. The number of rotatable bonds is 2. The predicted octanol–water partition coefficient (Wildman–Crippen LogP) is 2.56. The van der Waals surface area contributed by atoms with E-state index in [-0.39, 0.29) is 11.6 Å². The third-order valence-electron chi connectivity index (χ3n) is 1.73. The zero-order valence-corrected chi connectivity index (χ0v) is 8.17. The molecular formula is C9H10ClNO2. The normalized spacial score (nSPS) is 10.5. The van der Waals surface area contributed by atoms with Crippen molar-refractivity contribution in [2.24, 2.45) is 0 Å². The van der Waals surface area contributed by atoms with E-state index in [1.807, 2.05) is 13.8 Å². The topological polar surface area (TPSA) is 50.2 Å². The van der Waals surface area contributed by atoms with Gasteiger partial charge in [0.15, 0.2) is 0 Å². The highest BCUT2D eigenvalue weighted by Gasteiger charge is 2.10. The summed E-state index contributed by atoms with van der Waals surface area (Å²) in [6.07, 6.45) is 1.38. The molecule has 0 aromatic carbocycles. The molecule has 1 rings (SSSR count). The molecule has 0 aliphatic heterocycles. The lowest BCUT2D eigenvalue weighted by Gasteiger charge is -2.07. The highest BCUT2D eigenvalue weighted by atomic mass is 35.5. The first-order valence-electron chi connectivity index (χ1n) is 3.91. The summed E-state index contributed by atoms with van der Waals surface area (Å²) in [4.78, 5) is 14.3. The number of carboxylic acids is 1. The van der Waals surface area contributed by atoms with Crippen LogP contribution in [-0.2, 0) is 0 Å². The molecule has 0 aliphatic rings. The van der Waals surface area contributed by atoms with Crippen LogP contribution in [0.4, 0.5) is 0 Å². The molecule has 0 saturated carbocycles. The molecule has 0 radical (unpaired) electrons. The summed E-state index contributed by atoms with van der Waals surface area (Å²) in [6, 6.07) is 1.51.